The molecular formula is C17H25N5. The summed E-state index contributed by atoms with van der Waals surface area (Å²) in [5, 5.41) is 3.41. The van der Waals surface area contributed by atoms with Crippen LogP contribution in [0.2, 0.25) is 0 Å². The van der Waals surface area contributed by atoms with Crippen LogP contribution in [-0.4, -0.2) is 60.6 Å². The number of piperazine rings is 1. The largest absolute Gasteiger partial charge is 0.369 e. The molecule has 5 nitrogen and oxygen atoms in total. The zero-order valence-corrected chi connectivity index (χ0v) is 13.3. The van der Waals surface area contributed by atoms with Crippen LogP contribution in [0.1, 0.15) is 24.6 Å². The van der Waals surface area contributed by atoms with Gasteiger partial charge in [0.25, 0.3) is 0 Å². The number of piperidine rings is 1. The second kappa shape index (κ2) is 5.89. The number of likely N-dealkylation sites (N-methyl/N-ethyl adjacent to an activating group) is 1. The molecule has 2 aliphatic rings. The number of imidazole rings is 1. The van der Waals surface area contributed by atoms with Crippen LogP contribution in [-0.2, 0) is 0 Å². The van der Waals surface area contributed by atoms with Crippen LogP contribution in [0.3, 0.4) is 0 Å². The van der Waals surface area contributed by atoms with Gasteiger partial charge < -0.3 is 19.5 Å². The van der Waals surface area contributed by atoms with E-state index in [-0.39, 0.29) is 0 Å². The van der Waals surface area contributed by atoms with Gasteiger partial charge in [0.15, 0.2) is 0 Å². The van der Waals surface area contributed by atoms with E-state index < -0.39 is 0 Å². The molecule has 0 aromatic carbocycles. The molecule has 0 saturated carbocycles. The van der Waals surface area contributed by atoms with Crippen molar-refractivity contribution in [2.24, 2.45) is 0 Å². The highest BCUT2D eigenvalue weighted by Gasteiger charge is 2.22. The first-order chi connectivity index (χ1) is 10.8. The van der Waals surface area contributed by atoms with Crippen molar-refractivity contribution in [3.8, 4) is 0 Å². The van der Waals surface area contributed by atoms with E-state index in [1.807, 2.05) is 6.20 Å². The standard InChI is InChI=1S/C17H25N5/c1-20-7-2-3-14(13-20)17-19-12-16-11-15(4-8-22(16)17)21-9-5-18-6-10-21/h4,8,11-12,14,18H,2-3,5-7,9-10,13H2,1H3. The van der Waals surface area contributed by atoms with Gasteiger partial charge in [-0.25, -0.2) is 4.98 Å². The summed E-state index contributed by atoms with van der Waals surface area (Å²) in [4.78, 5) is 9.62. The molecule has 4 rings (SSSR count). The Kier molecular flexibility index (Phi) is 3.76. The minimum absolute atomic E-state index is 0.561. The Hall–Kier alpha value is -1.59. The molecular weight excluding hydrogens is 274 g/mol. The van der Waals surface area contributed by atoms with E-state index in [1.165, 1.54) is 36.4 Å². The zero-order valence-electron chi connectivity index (χ0n) is 13.3. The molecule has 2 saturated heterocycles. The number of aromatic nitrogens is 2. The summed E-state index contributed by atoms with van der Waals surface area (Å²) in [7, 11) is 2.21. The second-order valence-corrected chi connectivity index (χ2v) is 6.63. The molecule has 22 heavy (non-hydrogen) atoms. The molecule has 0 radical (unpaired) electrons. The number of nitrogens with one attached hydrogen (secondary N) is 1. The minimum atomic E-state index is 0.561. The molecule has 118 valence electrons. The molecule has 0 amide bonds. The number of anilines is 1. The van der Waals surface area contributed by atoms with Crippen LogP contribution >= 0.6 is 0 Å². The molecule has 1 atom stereocenters. The van der Waals surface area contributed by atoms with Gasteiger partial charge in [0, 0.05) is 50.5 Å². The maximum Gasteiger partial charge on any atom is 0.117 e. The highest BCUT2D eigenvalue weighted by Crippen LogP contribution is 2.27. The number of likely N-dealkylation sites (tertiary alicyclic amines) is 1. The lowest BCUT2D eigenvalue weighted by Crippen LogP contribution is -2.43. The predicted octanol–water partition coefficient (Wildman–Crippen LogP) is 1.55. The Labute approximate surface area is 131 Å². The van der Waals surface area contributed by atoms with E-state index in [0.717, 1.165) is 32.7 Å². The summed E-state index contributed by atoms with van der Waals surface area (Å²) < 4.78 is 2.29. The fourth-order valence-electron chi connectivity index (χ4n) is 3.81. The van der Waals surface area contributed by atoms with Crippen LogP contribution in [0.5, 0.6) is 0 Å². The van der Waals surface area contributed by atoms with Crippen molar-refractivity contribution in [3.05, 3.63) is 30.4 Å². The SMILES string of the molecule is CN1CCCC(c2ncc3cc(N4CCNCC4)ccn23)C1. The van der Waals surface area contributed by atoms with Crippen molar-refractivity contribution in [1.29, 1.82) is 0 Å². The summed E-state index contributed by atoms with van der Waals surface area (Å²) in [6.45, 7) is 6.66. The van der Waals surface area contributed by atoms with E-state index in [2.05, 4.69) is 44.9 Å². The van der Waals surface area contributed by atoms with Crippen molar-refractivity contribution in [3.63, 3.8) is 0 Å². The van der Waals surface area contributed by atoms with Crippen LogP contribution in [0.4, 0.5) is 5.69 Å². The maximum atomic E-state index is 4.75. The Balaban J connectivity index is 1.62. The van der Waals surface area contributed by atoms with Gasteiger partial charge in [0.1, 0.15) is 5.82 Å². The van der Waals surface area contributed by atoms with Gasteiger partial charge in [-0.05, 0) is 38.6 Å². The number of hydrogen-bond donors (Lipinski definition) is 1. The fraction of sp³-hybridized carbons (Fsp3) is 0.588. The van der Waals surface area contributed by atoms with Crippen LogP contribution < -0.4 is 10.2 Å². The van der Waals surface area contributed by atoms with E-state index in [0.29, 0.717) is 5.92 Å². The molecule has 5 heteroatoms. The van der Waals surface area contributed by atoms with Crippen LogP contribution in [0.25, 0.3) is 5.52 Å². The lowest BCUT2D eigenvalue weighted by Gasteiger charge is -2.30. The fourth-order valence-corrected chi connectivity index (χ4v) is 3.81. The first-order valence-electron chi connectivity index (χ1n) is 8.42. The third kappa shape index (κ3) is 2.59. The molecule has 0 bridgehead atoms. The third-order valence-electron chi connectivity index (χ3n) is 5.02. The minimum Gasteiger partial charge on any atom is -0.369 e. The van der Waals surface area contributed by atoms with E-state index in [4.69, 9.17) is 4.98 Å². The van der Waals surface area contributed by atoms with Crippen molar-refractivity contribution >= 4 is 11.2 Å². The lowest BCUT2D eigenvalue weighted by atomic mass is 9.98. The van der Waals surface area contributed by atoms with Gasteiger partial charge in [-0.15, -0.1) is 0 Å². The van der Waals surface area contributed by atoms with E-state index >= 15 is 0 Å². The van der Waals surface area contributed by atoms with Gasteiger partial charge in [0.05, 0.1) is 11.7 Å². The monoisotopic (exact) mass is 299 g/mol. The molecule has 2 aromatic heterocycles. The number of hydrogen-bond acceptors (Lipinski definition) is 4. The molecule has 1 N–H and O–H groups in total. The Morgan fingerprint density at radius 1 is 1.23 bits per heavy atom. The first-order valence-corrected chi connectivity index (χ1v) is 8.42. The molecule has 0 spiro atoms. The smallest absolute Gasteiger partial charge is 0.117 e. The Morgan fingerprint density at radius 2 is 2.09 bits per heavy atom. The second-order valence-electron chi connectivity index (χ2n) is 6.63. The highest BCUT2D eigenvalue weighted by atomic mass is 15.2. The Bertz CT molecular complexity index is 644. The highest BCUT2D eigenvalue weighted by molar-refractivity contribution is 5.60. The van der Waals surface area contributed by atoms with E-state index in [1.54, 1.807) is 0 Å². The average molecular weight is 299 g/mol. The summed E-state index contributed by atoms with van der Waals surface area (Å²) in [6.07, 6.45) is 6.78. The third-order valence-corrected chi connectivity index (χ3v) is 5.02. The van der Waals surface area contributed by atoms with Gasteiger partial charge >= 0.3 is 0 Å². The van der Waals surface area contributed by atoms with Gasteiger partial charge in [-0.3, -0.25) is 0 Å². The van der Waals surface area contributed by atoms with E-state index in [9.17, 15) is 0 Å². The zero-order chi connectivity index (χ0) is 14.9. The number of nitrogens with zero attached hydrogens (tertiary/aromatic N) is 4. The Morgan fingerprint density at radius 3 is 2.91 bits per heavy atom. The van der Waals surface area contributed by atoms with Crippen molar-refractivity contribution in [2.45, 2.75) is 18.8 Å². The van der Waals surface area contributed by atoms with Gasteiger partial charge in [-0.1, -0.05) is 0 Å². The number of pyridine rings is 1. The summed E-state index contributed by atoms with van der Waals surface area (Å²) >= 11 is 0. The van der Waals surface area contributed by atoms with Gasteiger partial charge in [-0.2, -0.15) is 0 Å². The molecule has 0 aliphatic carbocycles. The quantitative estimate of drug-likeness (QED) is 0.913. The summed E-state index contributed by atoms with van der Waals surface area (Å²) in [5.74, 6) is 1.79. The normalized spacial score (nSPS) is 24.0. The van der Waals surface area contributed by atoms with Crippen molar-refractivity contribution in [1.82, 2.24) is 19.6 Å². The van der Waals surface area contributed by atoms with Crippen molar-refractivity contribution in [2.75, 3.05) is 51.2 Å². The predicted molar refractivity (Wildman–Crippen MR) is 89.7 cm³/mol. The average Bonchev–Trinajstić information content (AvgIpc) is 2.99. The number of rotatable bonds is 2. The topological polar surface area (TPSA) is 35.8 Å². The molecule has 2 aromatic rings. The summed E-state index contributed by atoms with van der Waals surface area (Å²) in [6, 6.07) is 4.53. The van der Waals surface area contributed by atoms with Crippen molar-refractivity contribution < 1.29 is 0 Å². The molecule has 2 aliphatic heterocycles. The first kappa shape index (κ1) is 14.0. The molecule has 4 heterocycles. The maximum absolute atomic E-state index is 4.75. The summed E-state index contributed by atoms with van der Waals surface area (Å²) in [5.41, 5.74) is 2.54. The van der Waals surface area contributed by atoms with Crippen LogP contribution in [0.15, 0.2) is 24.5 Å². The lowest BCUT2D eigenvalue weighted by molar-refractivity contribution is 0.245. The molecule has 1 unspecified atom stereocenters. The number of fused-ring (bicyclic) bond motifs is 1. The molecule has 2 fully saturated rings. The van der Waals surface area contributed by atoms with Gasteiger partial charge in [0.2, 0.25) is 0 Å². The van der Waals surface area contributed by atoms with Crippen LogP contribution in [0, 0.1) is 0 Å².